The molecular weight excluding hydrogens is 318 g/mol. The van der Waals surface area contributed by atoms with E-state index in [1.807, 2.05) is 29.8 Å². The van der Waals surface area contributed by atoms with E-state index >= 15 is 0 Å². The van der Waals surface area contributed by atoms with Crippen LogP contribution in [0.1, 0.15) is 19.8 Å². The van der Waals surface area contributed by atoms with Gasteiger partial charge in [0.05, 0.1) is 18.0 Å². The summed E-state index contributed by atoms with van der Waals surface area (Å²) in [6, 6.07) is 12.2. The van der Waals surface area contributed by atoms with Gasteiger partial charge in [-0.3, -0.25) is 0 Å². The average molecular weight is 336 g/mol. The van der Waals surface area contributed by atoms with E-state index in [2.05, 4.69) is 46.7 Å². The van der Waals surface area contributed by atoms with E-state index in [-0.39, 0.29) is 6.10 Å². The van der Waals surface area contributed by atoms with Crippen LogP contribution in [-0.2, 0) is 0 Å². The molecule has 0 aliphatic carbocycles. The number of aromatic nitrogens is 3. The third-order valence-electron chi connectivity index (χ3n) is 4.03. The van der Waals surface area contributed by atoms with E-state index in [4.69, 9.17) is 4.74 Å². The quantitative estimate of drug-likeness (QED) is 0.515. The van der Waals surface area contributed by atoms with Crippen LogP contribution >= 0.6 is 11.3 Å². The number of rotatable bonds is 5. The Kier molecular flexibility index (Phi) is 3.94. The number of thiophene rings is 1. The zero-order chi connectivity index (χ0) is 16.5. The molecule has 3 heterocycles. The highest BCUT2D eigenvalue weighted by atomic mass is 32.1. The lowest BCUT2D eigenvalue weighted by Crippen LogP contribution is -2.13. The molecule has 1 aromatic carbocycles. The van der Waals surface area contributed by atoms with Gasteiger partial charge in [0, 0.05) is 27.1 Å². The molecule has 4 rings (SSSR count). The fraction of sp³-hybridized carbons (Fsp3) is 0.211. The zero-order valence-corrected chi connectivity index (χ0v) is 14.3. The largest absolute Gasteiger partial charge is 0.474 e. The Hall–Kier alpha value is -2.40. The molecule has 0 N–H and O–H groups in total. The van der Waals surface area contributed by atoms with Crippen molar-refractivity contribution in [3.63, 3.8) is 0 Å². The molecule has 1 radical (unpaired) electrons. The zero-order valence-electron chi connectivity index (χ0n) is 13.5. The van der Waals surface area contributed by atoms with Crippen molar-refractivity contribution in [2.75, 3.05) is 0 Å². The van der Waals surface area contributed by atoms with E-state index in [0.29, 0.717) is 5.88 Å². The van der Waals surface area contributed by atoms with Crippen LogP contribution in [-0.4, -0.2) is 20.7 Å². The van der Waals surface area contributed by atoms with Crippen LogP contribution in [0.15, 0.2) is 48.0 Å². The molecule has 5 heteroatoms. The van der Waals surface area contributed by atoms with Gasteiger partial charge in [0.15, 0.2) is 5.65 Å². The van der Waals surface area contributed by atoms with Gasteiger partial charge in [-0.05, 0) is 31.9 Å². The summed E-state index contributed by atoms with van der Waals surface area (Å²) in [6.45, 7) is 5.91. The Morgan fingerprint density at radius 3 is 3.00 bits per heavy atom. The van der Waals surface area contributed by atoms with Crippen molar-refractivity contribution < 1.29 is 4.74 Å². The molecule has 3 aromatic heterocycles. The fourth-order valence-electron chi connectivity index (χ4n) is 2.83. The van der Waals surface area contributed by atoms with Crippen LogP contribution in [0.2, 0.25) is 0 Å². The molecule has 0 bridgehead atoms. The highest BCUT2D eigenvalue weighted by molar-refractivity contribution is 7.17. The molecule has 0 spiro atoms. The minimum absolute atomic E-state index is 0.0985. The molecule has 0 saturated carbocycles. The summed E-state index contributed by atoms with van der Waals surface area (Å²) >= 11 is 1.74. The van der Waals surface area contributed by atoms with E-state index in [0.717, 1.165) is 29.7 Å². The van der Waals surface area contributed by atoms with Crippen LogP contribution < -0.4 is 4.74 Å². The first-order valence-electron chi connectivity index (χ1n) is 8.03. The number of imidazole rings is 1. The smallest absolute Gasteiger partial charge is 0.232 e. The summed E-state index contributed by atoms with van der Waals surface area (Å²) in [5, 5.41) is 8.02. The Morgan fingerprint density at radius 2 is 2.12 bits per heavy atom. The lowest BCUT2D eigenvalue weighted by molar-refractivity contribution is 0.201. The van der Waals surface area contributed by atoms with Crippen LogP contribution in [0.5, 0.6) is 5.88 Å². The Morgan fingerprint density at radius 1 is 1.25 bits per heavy atom. The molecule has 1 atom stereocenters. The molecule has 121 valence electrons. The predicted octanol–water partition coefficient (Wildman–Crippen LogP) is 4.99. The molecule has 0 aliphatic rings. The number of fused-ring (bicyclic) bond motifs is 2. The Bertz CT molecular complexity index is 989. The van der Waals surface area contributed by atoms with Crippen molar-refractivity contribution >= 4 is 27.1 Å². The van der Waals surface area contributed by atoms with Crippen LogP contribution in [0.3, 0.4) is 0 Å². The second kappa shape index (κ2) is 6.24. The molecule has 0 amide bonds. The SMILES string of the molecule is [CH2]CCC(C)Oc1ccc2ncc(-c3csc4ccccc34)n2n1. The summed E-state index contributed by atoms with van der Waals surface area (Å²) in [5.41, 5.74) is 2.95. The number of ether oxygens (including phenoxy) is 1. The summed E-state index contributed by atoms with van der Waals surface area (Å²) in [6.07, 6.45) is 3.73. The predicted molar refractivity (Wildman–Crippen MR) is 98.5 cm³/mol. The molecule has 4 aromatic rings. The first-order valence-corrected chi connectivity index (χ1v) is 8.91. The first kappa shape index (κ1) is 15.1. The van der Waals surface area contributed by atoms with Crippen molar-refractivity contribution in [2.24, 2.45) is 0 Å². The third-order valence-corrected chi connectivity index (χ3v) is 4.99. The highest BCUT2D eigenvalue weighted by Gasteiger charge is 2.13. The summed E-state index contributed by atoms with van der Waals surface area (Å²) in [7, 11) is 0. The van der Waals surface area contributed by atoms with Crippen LogP contribution in [0, 0.1) is 6.92 Å². The highest BCUT2D eigenvalue weighted by Crippen LogP contribution is 2.34. The van der Waals surface area contributed by atoms with Gasteiger partial charge in [0.1, 0.15) is 0 Å². The average Bonchev–Trinajstić information content (AvgIpc) is 3.18. The molecule has 1 unspecified atom stereocenters. The van der Waals surface area contributed by atoms with Gasteiger partial charge in [-0.2, -0.15) is 0 Å². The lowest BCUT2D eigenvalue weighted by Gasteiger charge is -2.12. The van der Waals surface area contributed by atoms with Gasteiger partial charge >= 0.3 is 0 Å². The first-order chi connectivity index (χ1) is 11.8. The van der Waals surface area contributed by atoms with Gasteiger partial charge in [0.2, 0.25) is 5.88 Å². The minimum atomic E-state index is 0.0985. The van der Waals surface area contributed by atoms with Crippen molar-refractivity contribution in [2.45, 2.75) is 25.9 Å². The fourth-order valence-corrected chi connectivity index (χ4v) is 3.79. The van der Waals surface area contributed by atoms with E-state index in [1.165, 1.54) is 10.1 Å². The second-order valence-electron chi connectivity index (χ2n) is 5.80. The normalized spacial score (nSPS) is 12.8. The van der Waals surface area contributed by atoms with Gasteiger partial charge < -0.3 is 4.74 Å². The van der Waals surface area contributed by atoms with Crippen molar-refractivity contribution in [1.82, 2.24) is 14.6 Å². The Labute approximate surface area is 144 Å². The van der Waals surface area contributed by atoms with Crippen molar-refractivity contribution in [3.8, 4) is 17.1 Å². The summed E-state index contributed by atoms with van der Waals surface area (Å²) < 4.78 is 9.02. The molecule has 0 saturated heterocycles. The minimum Gasteiger partial charge on any atom is -0.474 e. The number of nitrogens with zero attached hydrogens (tertiary/aromatic N) is 3. The maximum absolute atomic E-state index is 5.89. The van der Waals surface area contributed by atoms with Gasteiger partial charge in [-0.15, -0.1) is 16.4 Å². The lowest BCUT2D eigenvalue weighted by atomic mass is 10.1. The standard InChI is InChI=1S/C19H18N3OS/c1-3-6-13(2)23-19-10-9-18-20-11-16(22(18)21-19)15-12-24-17-8-5-4-7-14(15)17/h4-5,7-13H,1,3,6H2,2H3. The van der Waals surface area contributed by atoms with Gasteiger partial charge in [-0.25, -0.2) is 9.50 Å². The van der Waals surface area contributed by atoms with E-state index < -0.39 is 0 Å². The molecule has 0 aliphatic heterocycles. The second-order valence-corrected chi connectivity index (χ2v) is 6.71. The van der Waals surface area contributed by atoms with E-state index in [1.54, 1.807) is 11.3 Å². The van der Waals surface area contributed by atoms with Gasteiger partial charge in [-0.1, -0.05) is 25.1 Å². The van der Waals surface area contributed by atoms with Crippen LogP contribution in [0.4, 0.5) is 0 Å². The molecule has 4 nitrogen and oxygen atoms in total. The molecule has 24 heavy (non-hydrogen) atoms. The maximum atomic E-state index is 5.89. The molecular formula is C19H18N3OS. The summed E-state index contributed by atoms with van der Waals surface area (Å²) in [4.78, 5) is 4.48. The topological polar surface area (TPSA) is 39.4 Å². The molecule has 0 fully saturated rings. The third kappa shape index (κ3) is 2.65. The summed E-state index contributed by atoms with van der Waals surface area (Å²) in [5.74, 6) is 0.613. The van der Waals surface area contributed by atoms with E-state index in [9.17, 15) is 0 Å². The number of hydrogen-bond donors (Lipinski definition) is 0. The Balaban J connectivity index is 1.78. The van der Waals surface area contributed by atoms with Crippen molar-refractivity contribution in [3.05, 3.63) is 54.9 Å². The number of benzene rings is 1. The number of hydrogen-bond acceptors (Lipinski definition) is 4. The van der Waals surface area contributed by atoms with Gasteiger partial charge in [0.25, 0.3) is 0 Å². The monoisotopic (exact) mass is 336 g/mol. The maximum Gasteiger partial charge on any atom is 0.232 e. The van der Waals surface area contributed by atoms with Crippen LogP contribution in [0.25, 0.3) is 27.0 Å². The van der Waals surface area contributed by atoms with Crippen molar-refractivity contribution in [1.29, 1.82) is 0 Å².